The van der Waals surface area contributed by atoms with Gasteiger partial charge in [0.2, 0.25) is 5.91 Å². The summed E-state index contributed by atoms with van der Waals surface area (Å²) in [4.78, 5) is 28.2. The number of H-pyrrole nitrogens is 1. The van der Waals surface area contributed by atoms with Crippen LogP contribution in [-0.4, -0.2) is 41.1 Å². The van der Waals surface area contributed by atoms with Crippen molar-refractivity contribution < 1.29 is 9.18 Å². The van der Waals surface area contributed by atoms with Crippen LogP contribution in [0.15, 0.2) is 41.3 Å². The lowest BCUT2D eigenvalue weighted by Crippen LogP contribution is -2.45. The number of halogens is 1. The zero-order chi connectivity index (χ0) is 18.8. The van der Waals surface area contributed by atoms with Gasteiger partial charge in [0.15, 0.2) is 0 Å². The molecule has 1 aliphatic rings. The highest BCUT2D eigenvalue weighted by Crippen LogP contribution is 2.25. The molecule has 5 nitrogen and oxygen atoms in total. The number of carbonyl (C=O) groups is 1. The van der Waals surface area contributed by atoms with Crippen LogP contribution in [0.4, 0.5) is 4.39 Å². The molecule has 3 rings (SSSR count). The molecule has 0 aliphatic carbocycles. The summed E-state index contributed by atoms with van der Waals surface area (Å²) in [5.41, 5.74) is 9.56. The van der Waals surface area contributed by atoms with Gasteiger partial charge in [0, 0.05) is 24.2 Å². The molecule has 6 heteroatoms. The Hall–Kier alpha value is -2.47. The number of aromatic nitrogens is 1. The third-order valence-electron chi connectivity index (χ3n) is 5.12. The Kier molecular flexibility index (Phi) is 5.23. The topological polar surface area (TPSA) is 79.2 Å². The highest BCUT2D eigenvalue weighted by atomic mass is 19.1. The summed E-state index contributed by atoms with van der Waals surface area (Å²) in [7, 11) is 0. The molecule has 2 heterocycles. The lowest BCUT2D eigenvalue weighted by Gasteiger charge is -2.25. The highest BCUT2D eigenvalue weighted by molar-refractivity contribution is 5.83. The molecule has 1 fully saturated rings. The number of benzene rings is 1. The van der Waals surface area contributed by atoms with Crippen LogP contribution >= 0.6 is 0 Å². The Morgan fingerprint density at radius 3 is 2.58 bits per heavy atom. The second-order valence-electron chi connectivity index (χ2n) is 7.01. The molecular weight excluding hydrogens is 333 g/mol. The molecule has 1 aromatic heterocycles. The SMILES string of the molecule is Cc1cc(-c2ccc([C@H](C)[C@H](N)C(=O)N3CC[C@H](F)C3)cc2)c[nH]c1=O. The third kappa shape index (κ3) is 3.70. The minimum atomic E-state index is -0.943. The van der Waals surface area contributed by atoms with E-state index >= 15 is 0 Å². The number of aromatic amines is 1. The Balaban J connectivity index is 1.73. The van der Waals surface area contributed by atoms with E-state index in [0.29, 0.717) is 18.5 Å². The minimum Gasteiger partial charge on any atom is -0.338 e. The van der Waals surface area contributed by atoms with Crippen molar-refractivity contribution in [1.82, 2.24) is 9.88 Å². The quantitative estimate of drug-likeness (QED) is 0.882. The Labute approximate surface area is 152 Å². The van der Waals surface area contributed by atoms with Crippen LogP contribution in [0.25, 0.3) is 11.1 Å². The first-order valence-corrected chi connectivity index (χ1v) is 8.85. The predicted octanol–water partition coefficient (Wildman–Crippen LogP) is 2.35. The molecule has 26 heavy (non-hydrogen) atoms. The van der Waals surface area contributed by atoms with Gasteiger partial charge in [-0.1, -0.05) is 31.2 Å². The maximum atomic E-state index is 13.3. The van der Waals surface area contributed by atoms with Gasteiger partial charge in [0.25, 0.3) is 5.56 Å². The van der Waals surface area contributed by atoms with Crippen molar-refractivity contribution in [2.45, 2.75) is 38.4 Å². The van der Waals surface area contributed by atoms with Crippen LogP contribution in [0.3, 0.4) is 0 Å². The average Bonchev–Trinajstić information content (AvgIpc) is 3.08. The van der Waals surface area contributed by atoms with E-state index in [9.17, 15) is 14.0 Å². The number of aryl methyl sites for hydroxylation is 1. The maximum absolute atomic E-state index is 13.3. The van der Waals surface area contributed by atoms with E-state index in [-0.39, 0.29) is 23.9 Å². The summed E-state index contributed by atoms with van der Waals surface area (Å²) < 4.78 is 13.3. The van der Waals surface area contributed by atoms with Crippen molar-refractivity contribution in [2.75, 3.05) is 13.1 Å². The Morgan fingerprint density at radius 1 is 1.31 bits per heavy atom. The molecule has 0 saturated carbocycles. The molecule has 0 unspecified atom stereocenters. The zero-order valence-electron chi connectivity index (χ0n) is 15.0. The fraction of sp³-hybridized carbons (Fsp3) is 0.400. The van der Waals surface area contributed by atoms with Gasteiger partial charge in [0.05, 0.1) is 12.6 Å². The first-order chi connectivity index (χ1) is 12.4. The summed E-state index contributed by atoms with van der Waals surface area (Å²) in [6, 6.07) is 8.92. The summed E-state index contributed by atoms with van der Waals surface area (Å²) in [6.07, 6.45) is 1.13. The van der Waals surface area contributed by atoms with E-state index in [1.807, 2.05) is 37.3 Å². The molecule has 3 N–H and O–H groups in total. The molecule has 1 saturated heterocycles. The lowest BCUT2D eigenvalue weighted by molar-refractivity contribution is -0.132. The van der Waals surface area contributed by atoms with Gasteiger partial charge in [0.1, 0.15) is 6.17 Å². The molecule has 0 radical (unpaired) electrons. The maximum Gasteiger partial charge on any atom is 0.250 e. The standard InChI is InChI=1S/C20H24FN3O2/c1-12-9-16(10-23-19(12)25)15-5-3-14(4-6-15)13(2)18(22)20(26)24-8-7-17(21)11-24/h3-6,9-10,13,17-18H,7-8,11,22H2,1-2H3,(H,23,25)/t13-,17-,18-/m0/s1. The third-order valence-corrected chi connectivity index (χ3v) is 5.12. The number of nitrogens with two attached hydrogens (primary N) is 1. The van der Waals surface area contributed by atoms with Crippen LogP contribution in [0.2, 0.25) is 0 Å². The van der Waals surface area contributed by atoms with E-state index in [4.69, 9.17) is 5.73 Å². The van der Waals surface area contributed by atoms with E-state index < -0.39 is 12.2 Å². The van der Waals surface area contributed by atoms with Crippen molar-refractivity contribution in [3.05, 3.63) is 58.0 Å². The zero-order valence-corrected chi connectivity index (χ0v) is 15.0. The highest BCUT2D eigenvalue weighted by Gasteiger charge is 2.32. The van der Waals surface area contributed by atoms with Crippen molar-refractivity contribution in [3.63, 3.8) is 0 Å². The van der Waals surface area contributed by atoms with Crippen molar-refractivity contribution in [1.29, 1.82) is 0 Å². The molecular formula is C20H24FN3O2. The molecule has 0 bridgehead atoms. The summed E-state index contributed by atoms with van der Waals surface area (Å²) >= 11 is 0. The van der Waals surface area contributed by atoms with Crippen molar-refractivity contribution in [2.24, 2.45) is 5.73 Å². The van der Waals surface area contributed by atoms with Gasteiger partial charge in [-0.3, -0.25) is 9.59 Å². The van der Waals surface area contributed by atoms with Crippen LogP contribution < -0.4 is 11.3 Å². The van der Waals surface area contributed by atoms with Crippen molar-refractivity contribution >= 4 is 5.91 Å². The normalized spacial score (nSPS) is 19.4. The Bertz CT molecular complexity index is 847. The van der Waals surface area contributed by atoms with Crippen LogP contribution in [0, 0.1) is 6.92 Å². The smallest absolute Gasteiger partial charge is 0.250 e. The van der Waals surface area contributed by atoms with Crippen LogP contribution in [0.1, 0.15) is 30.4 Å². The number of pyridine rings is 1. The number of amides is 1. The van der Waals surface area contributed by atoms with Crippen LogP contribution in [0.5, 0.6) is 0 Å². The van der Waals surface area contributed by atoms with Gasteiger partial charge >= 0.3 is 0 Å². The first-order valence-electron chi connectivity index (χ1n) is 8.85. The molecule has 1 amide bonds. The summed E-state index contributed by atoms with van der Waals surface area (Å²) in [5.74, 6) is -0.370. The molecule has 2 aromatic rings. The Morgan fingerprint density at radius 2 is 2.00 bits per heavy atom. The van der Waals surface area contributed by atoms with E-state index in [1.54, 1.807) is 13.1 Å². The first kappa shape index (κ1) is 18.3. The second kappa shape index (κ2) is 7.41. The molecule has 1 aromatic carbocycles. The van der Waals surface area contributed by atoms with Gasteiger partial charge in [-0.25, -0.2) is 4.39 Å². The van der Waals surface area contributed by atoms with Crippen molar-refractivity contribution in [3.8, 4) is 11.1 Å². The number of carbonyl (C=O) groups excluding carboxylic acids is 1. The fourth-order valence-corrected chi connectivity index (χ4v) is 3.29. The van der Waals surface area contributed by atoms with Gasteiger partial charge in [-0.15, -0.1) is 0 Å². The summed E-state index contributed by atoms with van der Waals surface area (Å²) in [5, 5.41) is 0. The second-order valence-corrected chi connectivity index (χ2v) is 7.01. The van der Waals surface area contributed by atoms with E-state index in [2.05, 4.69) is 4.98 Å². The van der Waals surface area contributed by atoms with E-state index in [0.717, 1.165) is 16.7 Å². The van der Waals surface area contributed by atoms with E-state index in [1.165, 1.54) is 4.90 Å². The number of alkyl halides is 1. The molecule has 0 spiro atoms. The number of nitrogens with zero attached hydrogens (tertiary/aromatic N) is 1. The number of rotatable bonds is 4. The predicted molar refractivity (Wildman–Crippen MR) is 99.7 cm³/mol. The minimum absolute atomic E-state index is 0.0964. The summed E-state index contributed by atoms with van der Waals surface area (Å²) in [6.45, 7) is 4.25. The number of hydrogen-bond acceptors (Lipinski definition) is 3. The monoisotopic (exact) mass is 357 g/mol. The molecule has 3 atom stereocenters. The number of hydrogen-bond donors (Lipinski definition) is 2. The van der Waals surface area contributed by atoms with Gasteiger partial charge in [-0.05, 0) is 36.1 Å². The number of likely N-dealkylation sites (tertiary alicyclic amines) is 1. The van der Waals surface area contributed by atoms with Gasteiger partial charge < -0.3 is 15.6 Å². The lowest BCUT2D eigenvalue weighted by atomic mass is 9.91. The molecule has 1 aliphatic heterocycles. The van der Waals surface area contributed by atoms with Crippen LogP contribution in [-0.2, 0) is 4.79 Å². The van der Waals surface area contributed by atoms with Gasteiger partial charge in [-0.2, -0.15) is 0 Å². The fourth-order valence-electron chi connectivity index (χ4n) is 3.29. The number of nitrogens with one attached hydrogen (secondary N) is 1. The average molecular weight is 357 g/mol. The molecule has 138 valence electrons. The largest absolute Gasteiger partial charge is 0.338 e.